The molecule has 0 bridgehead atoms. The lowest BCUT2D eigenvalue weighted by molar-refractivity contribution is -0.127. The van der Waals surface area contributed by atoms with Gasteiger partial charge >= 0.3 is 5.97 Å². The second kappa shape index (κ2) is 5.66. The van der Waals surface area contributed by atoms with Gasteiger partial charge in [0.15, 0.2) is 5.69 Å². The molecule has 0 aliphatic carbocycles. The molecule has 7 heteroatoms. The molecule has 2 rings (SSSR count). The van der Waals surface area contributed by atoms with Gasteiger partial charge in [0.05, 0.1) is 6.04 Å². The Labute approximate surface area is 115 Å². The highest BCUT2D eigenvalue weighted by Gasteiger charge is 2.29. The van der Waals surface area contributed by atoms with E-state index in [1.54, 1.807) is 0 Å². The number of carboxylic acids is 1. The zero-order chi connectivity index (χ0) is 14.0. The van der Waals surface area contributed by atoms with Crippen LogP contribution < -0.4 is 10.6 Å². The topological polar surface area (TPSA) is 91.3 Å². The maximum atomic E-state index is 12.0. The van der Waals surface area contributed by atoms with Crippen molar-refractivity contribution in [1.82, 2.24) is 15.6 Å². The van der Waals surface area contributed by atoms with E-state index >= 15 is 0 Å². The van der Waals surface area contributed by atoms with Crippen molar-refractivity contribution < 1.29 is 14.7 Å². The van der Waals surface area contributed by atoms with E-state index in [1.807, 2.05) is 13.8 Å². The Kier molecular flexibility index (Phi) is 4.16. The summed E-state index contributed by atoms with van der Waals surface area (Å²) in [6.07, 6.45) is 0. The fourth-order valence-electron chi connectivity index (χ4n) is 1.87. The van der Waals surface area contributed by atoms with Crippen molar-refractivity contribution in [2.24, 2.45) is 11.8 Å². The van der Waals surface area contributed by atoms with Gasteiger partial charge in [-0.3, -0.25) is 4.79 Å². The number of rotatable bonds is 5. The van der Waals surface area contributed by atoms with E-state index in [0.29, 0.717) is 10.9 Å². The van der Waals surface area contributed by atoms with Crippen molar-refractivity contribution in [2.75, 3.05) is 13.1 Å². The summed E-state index contributed by atoms with van der Waals surface area (Å²) in [5.41, 5.74) is 0.0253. The van der Waals surface area contributed by atoms with Crippen molar-refractivity contribution >= 4 is 23.2 Å². The quantitative estimate of drug-likeness (QED) is 0.746. The zero-order valence-electron chi connectivity index (χ0n) is 10.8. The Morgan fingerprint density at radius 2 is 2.21 bits per heavy atom. The van der Waals surface area contributed by atoms with Gasteiger partial charge in [-0.25, -0.2) is 9.78 Å². The molecule has 2 atom stereocenters. The number of aromatic carboxylic acids is 1. The van der Waals surface area contributed by atoms with Gasteiger partial charge in [-0.05, 0) is 25.9 Å². The number of thiazole rings is 1. The number of nitrogens with one attached hydrogen (secondary N) is 2. The average Bonchev–Trinajstić information content (AvgIpc) is 2.75. The fourth-order valence-corrected chi connectivity index (χ4v) is 2.67. The summed E-state index contributed by atoms with van der Waals surface area (Å²) in [5.74, 6) is -0.707. The van der Waals surface area contributed by atoms with E-state index in [-0.39, 0.29) is 23.6 Å². The Hall–Kier alpha value is -1.47. The summed E-state index contributed by atoms with van der Waals surface area (Å²) < 4.78 is 0. The molecule has 1 saturated heterocycles. The Morgan fingerprint density at radius 3 is 2.68 bits per heavy atom. The van der Waals surface area contributed by atoms with Crippen LogP contribution in [0.5, 0.6) is 0 Å². The second-order valence-corrected chi connectivity index (χ2v) is 5.70. The fraction of sp³-hybridized carbons (Fsp3) is 0.583. The molecular formula is C12H17N3O3S. The molecule has 104 valence electrons. The molecule has 0 spiro atoms. The van der Waals surface area contributed by atoms with Crippen LogP contribution in [0, 0.1) is 11.8 Å². The monoisotopic (exact) mass is 283 g/mol. The van der Waals surface area contributed by atoms with Gasteiger partial charge in [-0.1, -0.05) is 6.92 Å². The van der Waals surface area contributed by atoms with Gasteiger partial charge in [-0.15, -0.1) is 11.3 Å². The maximum Gasteiger partial charge on any atom is 0.355 e. The highest BCUT2D eigenvalue weighted by atomic mass is 32.1. The lowest BCUT2D eigenvalue weighted by Crippen LogP contribution is -2.49. The molecule has 2 heterocycles. The van der Waals surface area contributed by atoms with Crippen molar-refractivity contribution in [3.8, 4) is 0 Å². The largest absolute Gasteiger partial charge is 0.476 e. The van der Waals surface area contributed by atoms with Crippen LogP contribution in [-0.4, -0.2) is 35.1 Å². The van der Waals surface area contributed by atoms with E-state index in [1.165, 1.54) is 16.7 Å². The second-order valence-electron chi connectivity index (χ2n) is 4.81. The number of hydrogen-bond acceptors (Lipinski definition) is 5. The number of aromatic nitrogens is 1. The molecule has 3 N–H and O–H groups in total. The predicted octanol–water partition coefficient (Wildman–Crippen LogP) is 0.874. The molecule has 0 radical (unpaired) electrons. The molecule has 19 heavy (non-hydrogen) atoms. The van der Waals surface area contributed by atoms with E-state index in [4.69, 9.17) is 5.11 Å². The third-order valence-corrected chi connectivity index (χ3v) is 4.43. The summed E-state index contributed by atoms with van der Waals surface area (Å²) in [5, 5.41) is 16.9. The number of amides is 1. The van der Waals surface area contributed by atoms with Crippen molar-refractivity contribution in [2.45, 2.75) is 19.9 Å². The van der Waals surface area contributed by atoms with E-state index < -0.39 is 5.97 Å². The molecule has 1 amide bonds. The minimum atomic E-state index is -1.05. The van der Waals surface area contributed by atoms with Crippen LogP contribution in [0.3, 0.4) is 0 Å². The summed E-state index contributed by atoms with van der Waals surface area (Å²) in [6.45, 7) is 5.49. The molecular weight excluding hydrogens is 266 g/mol. The average molecular weight is 283 g/mol. The molecule has 0 aromatic carbocycles. The molecule has 6 nitrogen and oxygen atoms in total. The third kappa shape index (κ3) is 3.10. The molecule has 1 aliphatic heterocycles. The lowest BCUT2D eigenvalue weighted by atomic mass is 9.88. The third-order valence-electron chi connectivity index (χ3n) is 3.40. The van der Waals surface area contributed by atoms with E-state index in [2.05, 4.69) is 15.6 Å². The van der Waals surface area contributed by atoms with E-state index in [9.17, 15) is 9.59 Å². The Morgan fingerprint density at radius 1 is 1.53 bits per heavy atom. The predicted molar refractivity (Wildman–Crippen MR) is 71.2 cm³/mol. The minimum absolute atomic E-state index is 0.00826. The van der Waals surface area contributed by atoms with Crippen LogP contribution >= 0.6 is 11.3 Å². The van der Waals surface area contributed by atoms with Gasteiger partial charge < -0.3 is 15.7 Å². The number of hydrogen-bond donors (Lipinski definition) is 3. The number of carbonyl (C=O) groups is 2. The van der Waals surface area contributed by atoms with Gasteiger partial charge in [0.1, 0.15) is 5.01 Å². The molecule has 1 aromatic heterocycles. The minimum Gasteiger partial charge on any atom is -0.476 e. The van der Waals surface area contributed by atoms with E-state index in [0.717, 1.165) is 13.1 Å². The first-order valence-electron chi connectivity index (χ1n) is 6.19. The molecule has 0 saturated carbocycles. The lowest BCUT2D eigenvalue weighted by Gasteiger charge is -2.32. The first-order chi connectivity index (χ1) is 8.99. The van der Waals surface area contributed by atoms with Crippen molar-refractivity contribution in [1.29, 1.82) is 0 Å². The smallest absolute Gasteiger partial charge is 0.355 e. The number of nitrogens with zero attached hydrogens (tertiary/aromatic N) is 1. The first kappa shape index (κ1) is 14.0. The molecule has 2 unspecified atom stereocenters. The molecule has 1 aromatic rings. The summed E-state index contributed by atoms with van der Waals surface area (Å²) in [7, 11) is 0. The van der Waals surface area contributed by atoms with Crippen LogP contribution in [0.4, 0.5) is 0 Å². The number of carbonyl (C=O) groups excluding carboxylic acids is 1. The first-order valence-corrected chi connectivity index (χ1v) is 7.06. The van der Waals surface area contributed by atoms with Crippen molar-refractivity contribution in [3.63, 3.8) is 0 Å². The van der Waals surface area contributed by atoms with Gasteiger partial charge in [0.2, 0.25) is 5.91 Å². The van der Waals surface area contributed by atoms with Crippen LogP contribution in [0.15, 0.2) is 5.38 Å². The zero-order valence-corrected chi connectivity index (χ0v) is 11.7. The SMILES string of the molecule is CC(NC(=O)C(C)C1CNC1)c1nc(C(=O)O)cs1. The highest BCUT2D eigenvalue weighted by molar-refractivity contribution is 7.09. The summed E-state index contributed by atoms with van der Waals surface area (Å²) >= 11 is 1.25. The highest BCUT2D eigenvalue weighted by Crippen LogP contribution is 2.21. The van der Waals surface area contributed by atoms with Gasteiger partial charge in [0, 0.05) is 11.3 Å². The number of carboxylic acid groups (broad SMARTS) is 1. The normalized spacial score (nSPS) is 18.4. The van der Waals surface area contributed by atoms with Crippen LogP contribution in [-0.2, 0) is 4.79 Å². The molecule has 1 fully saturated rings. The Balaban J connectivity index is 1.93. The summed E-state index contributed by atoms with van der Waals surface area (Å²) in [6, 6.07) is -0.263. The van der Waals surface area contributed by atoms with Crippen LogP contribution in [0.2, 0.25) is 0 Å². The standard InChI is InChI=1S/C12H17N3O3S/c1-6(8-3-13-4-8)10(16)14-7(2)11-15-9(5-19-11)12(17)18/h5-8,13H,3-4H2,1-2H3,(H,14,16)(H,17,18). The van der Waals surface area contributed by atoms with Crippen LogP contribution in [0.1, 0.15) is 35.4 Å². The van der Waals surface area contributed by atoms with Gasteiger partial charge in [-0.2, -0.15) is 0 Å². The van der Waals surface area contributed by atoms with Gasteiger partial charge in [0.25, 0.3) is 0 Å². The maximum absolute atomic E-state index is 12.0. The Bertz CT molecular complexity index is 484. The van der Waals surface area contributed by atoms with Crippen LogP contribution in [0.25, 0.3) is 0 Å². The van der Waals surface area contributed by atoms with Crippen molar-refractivity contribution in [3.05, 3.63) is 16.1 Å². The summed E-state index contributed by atoms with van der Waals surface area (Å²) in [4.78, 5) is 26.8. The molecule has 1 aliphatic rings.